The Hall–Kier alpha value is -3.18. The van der Waals surface area contributed by atoms with Gasteiger partial charge in [-0.25, -0.2) is 9.59 Å². The van der Waals surface area contributed by atoms with E-state index in [0.717, 1.165) is 11.1 Å². The smallest absolute Gasteiger partial charge is 0.338 e. The first kappa shape index (κ1) is 24.1. The van der Waals surface area contributed by atoms with Gasteiger partial charge in [0.15, 0.2) is 0 Å². The summed E-state index contributed by atoms with van der Waals surface area (Å²) in [6.45, 7) is 4.13. The number of aromatic hydroxyl groups is 2. The van der Waals surface area contributed by atoms with E-state index in [4.69, 9.17) is 11.8 Å². The van der Waals surface area contributed by atoms with Crippen LogP contribution in [-0.2, 0) is 38.9 Å². The molecule has 0 unspecified atom stereocenters. The Morgan fingerprint density at radius 2 is 1.55 bits per heavy atom. The van der Waals surface area contributed by atoms with Gasteiger partial charge in [-0.2, -0.15) is 11.8 Å². The molecule has 31 heavy (non-hydrogen) atoms. The molecule has 7 N–H and O–H groups in total. The van der Waals surface area contributed by atoms with Gasteiger partial charge in [0.1, 0.15) is 11.5 Å². The lowest BCUT2D eigenvalue weighted by atomic mass is 10.0. The third-order valence-corrected chi connectivity index (χ3v) is 4.64. The molecular weight excluding hydrogens is 404 g/mol. The fraction of sp³-hybridized carbons (Fsp3) is 0.333. The molecule has 10 heteroatoms. The maximum absolute atomic E-state index is 11.8. The van der Waals surface area contributed by atoms with Crippen LogP contribution in [0.25, 0.3) is 0 Å². The highest BCUT2D eigenvalue weighted by molar-refractivity contribution is 5.71. The van der Waals surface area contributed by atoms with Gasteiger partial charge in [-0.05, 0) is 19.9 Å². The van der Waals surface area contributed by atoms with Crippen LogP contribution in [-0.4, -0.2) is 40.1 Å². The summed E-state index contributed by atoms with van der Waals surface area (Å²) in [6.07, 6.45) is 0. The molecule has 2 rings (SSSR count). The standard InChI is InChI=1S/C21H28N4O6/c1-13-3-4-18(26)16(5-13)10-25(12-20(28)31-23)11-17-7-14(2)6-15(21(17)29)8-24-9-19(27)30-22/h3-7,24,26,29H,8-12,22-23H2,1-2H3. The first-order chi connectivity index (χ1) is 14.7. The van der Waals surface area contributed by atoms with E-state index in [9.17, 15) is 19.8 Å². The van der Waals surface area contributed by atoms with Gasteiger partial charge in [0.05, 0.1) is 13.1 Å². The number of carbonyl (C=O) groups excluding carboxylic acids is 2. The number of benzene rings is 2. The minimum atomic E-state index is -0.651. The minimum absolute atomic E-state index is 0.0267. The molecule has 0 atom stereocenters. The van der Waals surface area contributed by atoms with E-state index in [1.54, 1.807) is 29.2 Å². The van der Waals surface area contributed by atoms with Crippen molar-refractivity contribution in [1.29, 1.82) is 0 Å². The molecular formula is C21H28N4O6. The van der Waals surface area contributed by atoms with Gasteiger partial charge < -0.3 is 25.2 Å². The van der Waals surface area contributed by atoms with Gasteiger partial charge in [-0.3, -0.25) is 4.90 Å². The third-order valence-electron chi connectivity index (χ3n) is 4.64. The van der Waals surface area contributed by atoms with Crippen molar-refractivity contribution in [1.82, 2.24) is 10.2 Å². The van der Waals surface area contributed by atoms with Crippen LogP contribution >= 0.6 is 0 Å². The van der Waals surface area contributed by atoms with Crippen molar-refractivity contribution in [3.63, 3.8) is 0 Å². The Morgan fingerprint density at radius 1 is 0.935 bits per heavy atom. The highest BCUT2D eigenvalue weighted by Crippen LogP contribution is 2.27. The summed E-state index contributed by atoms with van der Waals surface area (Å²) in [5.41, 5.74) is 3.59. The Bertz CT molecular complexity index is 934. The topological polar surface area (TPSA) is 160 Å². The number of nitrogens with one attached hydrogen (secondary N) is 1. The summed E-state index contributed by atoms with van der Waals surface area (Å²) in [6, 6.07) is 8.76. The molecule has 0 aliphatic rings. The van der Waals surface area contributed by atoms with E-state index in [-0.39, 0.29) is 44.2 Å². The second-order valence-electron chi connectivity index (χ2n) is 7.29. The summed E-state index contributed by atoms with van der Waals surface area (Å²) in [4.78, 5) is 33.1. The van der Waals surface area contributed by atoms with E-state index in [2.05, 4.69) is 15.0 Å². The summed E-state index contributed by atoms with van der Waals surface area (Å²) < 4.78 is 0. The highest BCUT2D eigenvalue weighted by atomic mass is 16.7. The molecule has 0 amide bonds. The molecule has 0 spiro atoms. The van der Waals surface area contributed by atoms with Crippen LogP contribution < -0.4 is 17.1 Å². The molecule has 0 saturated carbocycles. The van der Waals surface area contributed by atoms with E-state index >= 15 is 0 Å². The fourth-order valence-electron chi connectivity index (χ4n) is 3.24. The third kappa shape index (κ3) is 7.23. The molecule has 0 fully saturated rings. The molecule has 0 aliphatic carbocycles. The molecule has 0 saturated heterocycles. The monoisotopic (exact) mass is 432 g/mol. The molecule has 0 bridgehead atoms. The van der Waals surface area contributed by atoms with Gasteiger partial charge >= 0.3 is 11.9 Å². The largest absolute Gasteiger partial charge is 0.508 e. The van der Waals surface area contributed by atoms with Crippen molar-refractivity contribution < 1.29 is 29.5 Å². The van der Waals surface area contributed by atoms with Crippen molar-refractivity contribution in [2.24, 2.45) is 11.8 Å². The SMILES string of the molecule is Cc1ccc(O)c(CN(CC(=O)ON)Cc2cc(C)cc(CNCC(=O)ON)c2O)c1. The van der Waals surface area contributed by atoms with Gasteiger partial charge in [0.25, 0.3) is 0 Å². The van der Waals surface area contributed by atoms with Crippen molar-refractivity contribution in [3.8, 4) is 11.5 Å². The second-order valence-corrected chi connectivity index (χ2v) is 7.29. The number of nitrogens with zero attached hydrogens (tertiary/aromatic N) is 1. The zero-order valence-corrected chi connectivity index (χ0v) is 17.6. The first-order valence-electron chi connectivity index (χ1n) is 9.55. The van der Waals surface area contributed by atoms with Crippen LogP contribution in [0.2, 0.25) is 0 Å². The summed E-state index contributed by atoms with van der Waals surface area (Å²) >= 11 is 0. The van der Waals surface area contributed by atoms with Gasteiger partial charge in [0, 0.05) is 36.3 Å². The lowest BCUT2D eigenvalue weighted by molar-refractivity contribution is -0.146. The number of nitrogens with two attached hydrogens (primary N) is 2. The molecule has 0 aliphatic heterocycles. The lowest BCUT2D eigenvalue weighted by Crippen LogP contribution is -2.31. The maximum Gasteiger partial charge on any atom is 0.338 e. The Morgan fingerprint density at radius 3 is 2.23 bits per heavy atom. The molecule has 0 radical (unpaired) electrons. The maximum atomic E-state index is 11.8. The van der Waals surface area contributed by atoms with E-state index < -0.39 is 11.9 Å². The Kier molecular flexibility index (Phi) is 8.76. The van der Waals surface area contributed by atoms with Crippen molar-refractivity contribution in [3.05, 3.63) is 58.1 Å². The highest BCUT2D eigenvalue weighted by Gasteiger charge is 2.18. The predicted octanol–water partition coefficient (Wildman–Crippen LogP) is 0.640. The van der Waals surface area contributed by atoms with Gasteiger partial charge in [0.2, 0.25) is 0 Å². The molecule has 0 heterocycles. The quantitative estimate of drug-likeness (QED) is 0.337. The molecule has 10 nitrogen and oxygen atoms in total. The fourth-order valence-corrected chi connectivity index (χ4v) is 3.24. The zero-order chi connectivity index (χ0) is 23.0. The van der Waals surface area contributed by atoms with Crippen LogP contribution in [0.4, 0.5) is 0 Å². The van der Waals surface area contributed by atoms with Crippen LogP contribution in [0.15, 0.2) is 30.3 Å². The summed E-state index contributed by atoms with van der Waals surface area (Å²) in [5.74, 6) is 8.66. The van der Waals surface area contributed by atoms with Crippen molar-refractivity contribution in [2.45, 2.75) is 33.5 Å². The van der Waals surface area contributed by atoms with Gasteiger partial charge in [-0.15, -0.1) is 0 Å². The number of carbonyl (C=O) groups is 2. The summed E-state index contributed by atoms with van der Waals surface area (Å²) in [7, 11) is 0. The number of phenolic OH excluding ortho intramolecular Hbond substituents is 2. The Labute approximate surface area is 180 Å². The number of rotatable bonds is 10. The second kappa shape index (κ2) is 11.3. The minimum Gasteiger partial charge on any atom is -0.508 e. The Balaban J connectivity index is 2.25. The van der Waals surface area contributed by atoms with Gasteiger partial charge in [-0.1, -0.05) is 35.4 Å². The van der Waals surface area contributed by atoms with Crippen LogP contribution in [0.1, 0.15) is 27.8 Å². The van der Waals surface area contributed by atoms with Crippen LogP contribution in [0.3, 0.4) is 0 Å². The zero-order valence-electron chi connectivity index (χ0n) is 17.6. The number of phenols is 2. The predicted molar refractivity (Wildman–Crippen MR) is 112 cm³/mol. The van der Waals surface area contributed by atoms with Crippen LogP contribution in [0.5, 0.6) is 11.5 Å². The molecule has 168 valence electrons. The van der Waals surface area contributed by atoms with E-state index in [1.807, 2.05) is 19.9 Å². The summed E-state index contributed by atoms with van der Waals surface area (Å²) in [5, 5.41) is 23.8. The average molecular weight is 432 g/mol. The molecule has 2 aromatic rings. The molecule has 0 aromatic heterocycles. The van der Waals surface area contributed by atoms with Crippen molar-refractivity contribution >= 4 is 11.9 Å². The first-order valence-corrected chi connectivity index (χ1v) is 9.55. The van der Waals surface area contributed by atoms with Crippen LogP contribution in [0, 0.1) is 13.8 Å². The van der Waals surface area contributed by atoms with E-state index in [1.165, 1.54) is 0 Å². The normalized spacial score (nSPS) is 10.9. The van der Waals surface area contributed by atoms with Crippen molar-refractivity contribution in [2.75, 3.05) is 13.1 Å². The lowest BCUT2D eigenvalue weighted by Gasteiger charge is -2.23. The number of aryl methyl sites for hydroxylation is 2. The number of hydrogen-bond acceptors (Lipinski definition) is 10. The average Bonchev–Trinajstić information content (AvgIpc) is 2.73. The van der Waals surface area contributed by atoms with E-state index in [0.29, 0.717) is 16.7 Å². The molecule has 2 aromatic carbocycles. The number of hydrogen-bond donors (Lipinski definition) is 5.